The third-order valence-corrected chi connectivity index (χ3v) is 6.98. The fraction of sp³-hybridized carbons (Fsp3) is 0.308. The molecule has 0 saturated heterocycles. The van der Waals surface area contributed by atoms with E-state index in [0.29, 0.717) is 35.8 Å². The number of benzene rings is 2. The summed E-state index contributed by atoms with van der Waals surface area (Å²) in [4.78, 5) is 35.4. The molecule has 0 aliphatic carbocycles. The smallest absolute Gasteiger partial charge is 0.263 e. The number of aromatic nitrogens is 3. The van der Waals surface area contributed by atoms with Crippen LogP contribution in [-0.2, 0) is 29.1 Å². The minimum absolute atomic E-state index is 0.132. The number of thioether (sulfide) groups is 1. The van der Waals surface area contributed by atoms with Crippen molar-refractivity contribution in [1.82, 2.24) is 14.5 Å². The van der Waals surface area contributed by atoms with Gasteiger partial charge < -0.3 is 10.1 Å². The van der Waals surface area contributed by atoms with E-state index in [-0.39, 0.29) is 22.8 Å². The lowest BCUT2D eigenvalue weighted by atomic mass is 9.95. The second kappa shape index (κ2) is 8.85. The maximum atomic E-state index is 13.2. The molecule has 0 atom stereocenters. The van der Waals surface area contributed by atoms with E-state index in [4.69, 9.17) is 9.72 Å². The summed E-state index contributed by atoms with van der Waals surface area (Å²) in [5.41, 5.74) is 2.58. The van der Waals surface area contributed by atoms with Crippen molar-refractivity contribution >= 4 is 45.2 Å². The van der Waals surface area contributed by atoms with Crippen LogP contribution in [0.15, 0.2) is 58.5 Å². The predicted octanol–water partition coefficient (Wildman–Crippen LogP) is 4.55. The topological polar surface area (TPSA) is 86.1 Å². The van der Waals surface area contributed by atoms with Gasteiger partial charge in [-0.05, 0) is 38.3 Å². The lowest BCUT2D eigenvalue weighted by Gasteiger charge is -2.31. The number of amides is 1. The van der Waals surface area contributed by atoms with Gasteiger partial charge in [-0.25, -0.2) is 9.97 Å². The van der Waals surface area contributed by atoms with Crippen molar-refractivity contribution < 1.29 is 9.53 Å². The third-order valence-electron chi connectivity index (χ3n) is 6.00. The number of anilines is 1. The van der Waals surface area contributed by atoms with Crippen LogP contribution < -0.4 is 10.9 Å². The second-order valence-electron chi connectivity index (χ2n) is 9.00. The number of pyridine rings is 1. The Morgan fingerprint density at radius 2 is 1.94 bits per heavy atom. The fourth-order valence-corrected chi connectivity index (χ4v) is 5.10. The molecule has 174 valence electrons. The molecule has 7 nitrogen and oxygen atoms in total. The van der Waals surface area contributed by atoms with Crippen LogP contribution in [0.25, 0.3) is 21.8 Å². The van der Waals surface area contributed by atoms with Gasteiger partial charge in [0.25, 0.3) is 5.56 Å². The first-order chi connectivity index (χ1) is 16.3. The van der Waals surface area contributed by atoms with E-state index in [1.54, 1.807) is 4.57 Å². The lowest BCUT2D eigenvalue weighted by Crippen LogP contribution is -2.33. The minimum Gasteiger partial charge on any atom is -0.370 e. The summed E-state index contributed by atoms with van der Waals surface area (Å²) in [6, 6.07) is 15.6. The van der Waals surface area contributed by atoms with Gasteiger partial charge in [0.15, 0.2) is 10.8 Å². The van der Waals surface area contributed by atoms with Crippen LogP contribution in [0, 0.1) is 0 Å². The fourth-order valence-electron chi connectivity index (χ4n) is 4.25. The second-order valence-corrected chi connectivity index (χ2v) is 9.94. The molecule has 0 saturated carbocycles. The number of nitrogens with zero attached hydrogens (tertiary/aromatic N) is 3. The monoisotopic (exact) mass is 474 g/mol. The Morgan fingerprint density at radius 1 is 1.15 bits per heavy atom. The molecular weight excluding hydrogens is 448 g/mol. The molecule has 0 unspecified atom stereocenters. The van der Waals surface area contributed by atoms with Crippen molar-refractivity contribution in [3.63, 3.8) is 0 Å². The average molecular weight is 475 g/mol. The Hall–Kier alpha value is -3.23. The van der Waals surface area contributed by atoms with Crippen LogP contribution in [0.4, 0.5) is 5.69 Å². The first-order valence-corrected chi connectivity index (χ1v) is 12.3. The van der Waals surface area contributed by atoms with Crippen molar-refractivity contribution in [2.75, 3.05) is 11.1 Å². The van der Waals surface area contributed by atoms with Crippen LogP contribution in [0.2, 0.25) is 0 Å². The van der Waals surface area contributed by atoms with E-state index in [0.717, 1.165) is 27.7 Å². The minimum atomic E-state index is -0.302. The summed E-state index contributed by atoms with van der Waals surface area (Å²) in [5, 5.41) is 6.01. The highest BCUT2D eigenvalue weighted by molar-refractivity contribution is 7.99. The van der Waals surface area contributed by atoms with Gasteiger partial charge in [0.05, 0.1) is 29.0 Å². The SMILES string of the molecule is CCn1c(SCC(=O)Nc2cccc3ccccc23)nc2nc3c(cc2c1=O)COC(C)(C)C3. The first-order valence-electron chi connectivity index (χ1n) is 11.3. The quantitative estimate of drug-likeness (QED) is 0.337. The molecule has 1 amide bonds. The van der Waals surface area contributed by atoms with Gasteiger partial charge >= 0.3 is 0 Å². The Labute approximate surface area is 201 Å². The largest absolute Gasteiger partial charge is 0.370 e. The van der Waals surface area contributed by atoms with Crippen LogP contribution in [0.3, 0.4) is 0 Å². The molecule has 34 heavy (non-hydrogen) atoms. The van der Waals surface area contributed by atoms with Gasteiger partial charge in [0.2, 0.25) is 5.91 Å². The Morgan fingerprint density at radius 3 is 2.76 bits per heavy atom. The number of hydrogen-bond donors (Lipinski definition) is 1. The van der Waals surface area contributed by atoms with E-state index in [1.807, 2.05) is 69.3 Å². The van der Waals surface area contributed by atoms with Gasteiger partial charge in [0.1, 0.15) is 0 Å². The number of carbonyl (C=O) groups is 1. The van der Waals surface area contributed by atoms with Gasteiger partial charge in [-0.2, -0.15) is 0 Å². The molecule has 1 aliphatic heterocycles. The van der Waals surface area contributed by atoms with Crippen molar-refractivity contribution in [2.24, 2.45) is 0 Å². The molecule has 0 bridgehead atoms. The zero-order chi connectivity index (χ0) is 23.9. The van der Waals surface area contributed by atoms with Gasteiger partial charge in [0, 0.05) is 29.6 Å². The molecule has 0 radical (unpaired) electrons. The molecule has 0 fully saturated rings. The summed E-state index contributed by atoms with van der Waals surface area (Å²) in [6.45, 7) is 6.84. The predicted molar refractivity (Wildman–Crippen MR) is 135 cm³/mol. The number of hydrogen-bond acceptors (Lipinski definition) is 6. The third kappa shape index (κ3) is 4.31. The van der Waals surface area contributed by atoms with Gasteiger partial charge in [-0.1, -0.05) is 48.2 Å². The molecule has 3 heterocycles. The Bertz CT molecular complexity index is 1470. The molecule has 0 spiro atoms. The molecule has 2 aromatic carbocycles. The summed E-state index contributed by atoms with van der Waals surface area (Å²) in [7, 11) is 0. The molecule has 2 aromatic heterocycles. The molecule has 8 heteroatoms. The molecule has 1 N–H and O–H groups in total. The van der Waals surface area contributed by atoms with E-state index in [9.17, 15) is 9.59 Å². The summed E-state index contributed by atoms with van der Waals surface area (Å²) in [6.07, 6.45) is 0.659. The van der Waals surface area contributed by atoms with Crippen molar-refractivity contribution in [3.05, 3.63) is 70.1 Å². The maximum absolute atomic E-state index is 13.2. The van der Waals surface area contributed by atoms with E-state index < -0.39 is 0 Å². The average Bonchev–Trinajstić information content (AvgIpc) is 2.81. The number of carbonyl (C=O) groups excluding carboxylic acids is 1. The molecule has 1 aliphatic rings. The Balaban J connectivity index is 1.41. The number of nitrogens with one attached hydrogen (secondary N) is 1. The lowest BCUT2D eigenvalue weighted by molar-refractivity contribution is -0.113. The number of ether oxygens (including phenoxy) is 1. The molecule has 5 rings (SSSR count). The highest BCUT2D eigenvalue weighted by Gasteiger charge is 2.28. The van der Waals surface area contributed by atoms with Crippen LogP contribution in [0.1, 0.15) is 32.0 Å². The summed E-state index contributed by atoms with van der Waals surface area (Å²) >= 11 is 1.25. The standard InChI is InChI=1S/C26H26N4O3S/c1-4-30-24(32)19-12-17-14-33-26(2,3)13-21(17)28-23(19)29-25(30)34-15-22(31)27-20-11-7-9-16-8-5-6-10-18(16)20/h5-12H,4,13-15H2,1-3H3,(H,27,31). The molecular formula is C26H26N4O3S. The van der Waals surface area contributed by atoms with E-state index >= 15 is 0 Å². The number of fused-ring (bicyclic) bond motifs is 3. The normalized spacial score (nSPS) is 14.8. The van der Waals surface area contributed by atoms with Gasteiger partial charge in [-0.3, -0.25) is 14.2 Å². The zero-order valence-corrected chi connectivity index (χ0v) is 20.2. The van der Waals surface area contributed by atoms with Crippen LogP contribution >= 0.6 is 11.8 Å². The highest BCUT2D eigenvalue weighted by atomic mass is 32.2. The van der Waals surface area contributed by atoms with E-state index in [1.165, 1.54) is 11.8 Å². The Kier molecular flexibility index (Phi) is 5.87. The van der Waals surface area contributed by atoms with E-state index in [2.05, 4.69) is 10.3 Å². The van der Waals surface area contributed by atoms with Crippen LogP contribution in [-0.4, -0.2) is 31.8 Å². The highest BCUT2D eigenvalue weighted by Crippen LogP contribution is 2.29. The van der Waals surface area contributed by atoms with Gasteiger partial charge in [-0.15, -0.1) is 0 Å². The zero-order valence-electron chi connectivity index (χ0n) is 19.4. The first kappa shape index (κ1) is 22.6. The van der Waals surface area contributed by atoms with Crippen molar-refractivity contribution in [1.29, 1.82) is 0 Å². The summed E-state index contributed by atoms with van der Waals surface area (Å²) < 4.78 is 7.48. The van der Waals surface area contributed by atoms with Crippen molar-refractivity contribution in [2.45, 2.75) is 51.1 Å². The number of rotatable bonds is 5. The maximum Gasteiger partial charge on any atom is 0.263 e. The van der Waals surface area contributed by atoms with Crippen molar-refractivity contribution in [3.8, 4) is 0 Å². The molecule has 4 aromatic rings. The summed E-state index contributed by atoms with van der Waals surface area (Å²) in [5.74, 6) is -0.0249. The van der Waals surface area contributed by atoms with Crippen LogP contribution in [0.5, 0.6) is 0 Å².